The fourth-order valence-electron chi connectivity index (χ4n) is 3.24. The molecule has 1 unspecified atom stereocenters. The molecule has 0 heterocycles. The van der Waals surface area contributed by atoms with Gasteiger partial charge in [-0.25, -0.2) is 0 Å². The number of halogens is 1. The van der Waals surface area contributed by atoms with Gasteiger partial charge in [0.05, 0.1) is 20.7 Å². The van der Waals surface area contributed by atoms with Gasteiger partial charge < -0.3 is 27.1 Å². The maximum absolute atomic E-state index is 10.1. The predicted molar refractivity (Wildman–Crippen MR) is 101 cm³/mol. The zero-order valence-electron chi connectivity index (χ0n) is 16.6. The minimum atomic E-state index is -0.223. The molecule has 0 amide bonds. The van der Waals surface area contributed by atoms with Crippen molar-refractivity contribution in [1.29, 1.82) is 0 Å². The first-order chi connectivity index (χ1) is 11.0. The topological polar surface area (TPSA) is 40.5 Å². The van der Waals surface area contributed by atoms with Gasteiger partial charge in [0.25, 0.3) is 0 Å². The Hall–Kier alpha value is 0.170. The average Bonchev–Trinajstić information content (AvgIpc) is 2.47. The molecule has 0 radical (unpaired) electrons. The summed E-state index contributed by atoms with van der Waals surface area (Å²) in [6, 6.07) is 0. The van der Waals surface area contributed by atoms with Crippen LogP contribution in [0.25, 0.3) is 0 Å². The Kier molecular flexibility index (Phi) is 19.8. The van der Waals surface area contributed by atoms with Crippen molar-refractivity contribution in [2.75, 3.05) is 33.8 Å². The Morgan fingerprint density at radius 1 is 0.750 bits per heavy atom. The van der Waals surface area contributed by atoms with E-state index in [1.165, 1.54) is 70.6 Å². The molecule has 0 fully saturated rings. The summed E-state index contributed by atoms with van der Waals surface area (Å²) in [4.78, 5) is 0. The molecule has 0 saturated carbocycles. The number of aliphatic hydroxyl groups excluding tert-OH is 2. The number of aliphatic hydroxyl groups is 2. The summed E-state index contributed by atoms with van der Waals surface area (Å²) in [5.74, 6) is 0. The summed E-state index contributed by atoms with van der Waals surface area (Å²) in [6.07, 6.45) is 17.0. The number of nitrogens with zero attached hydrogens (tertiary/aromatic N) is 1. The van der Waals surface area contributed by atoms with Crippen LogP contribution in [0.4, 0.5) is 0 Å². The van der Waals surface area contributed by atoms with Gasteiger partial charge in [0.15, 0.2) is 0 Å². The van der Waals surface area contributed by atoms with Crippen molar-refractivity contribution in [3.05, 3.63) is 0 Å². The highest BCUT2D eigenvalue weighted by Gasteiger charge is 2.19. The van der Waals surface area contributed by atoms with Gasteiger partial charge in [0.2, 0.25) is 0 Å². The van der Waals surface area contributed by atoms with Crippen LogP contribution in [-0.2, 0) is 0 Å². The lowest BCUT2D eigenvalue weighted by Gasteiger charge is -2.31. The average molecular weight is 366 g/mol. The molecule has 0 aromatic heterocycles. The van der Waals surface area contributed by atoms with E-state index in [4.69, 9.17) is 5.11 Å². The van der Waals surface area contributed by atoms with Gasteiger partial charge in [-0.2, -0.15) is 0 Å². The molecule has 2 N–H and O–H groups in total. The van der Waals surface area contributed by atoms with E-state index < -0.39 is 0 Å². The fourth-order valence-corrected chi connectivity index (χ4v) is 3.24. The van der Waals surface area contributed by atoms with E-state index in [1.54, 1.807) is 0 Å². The van der Waals surface area contributed by atoms with E-state index in [9.17, 15) is 5.11 Å². The lowest BCUT2D eigenvalue weighted by Crippen LogP contribution is -3.00. The van der Waals surface area contributed by atoms with Crippen LogP contribution >= 0.6 is 0 Å². The van der Waals surface area contributed by atoms with Crippen molar-refractivity contribution < 1.29 is 27.1 Å². The smallest absolute Gasteiger partial charge is 0.105 e. The minimum absolute atomic E-state index is 0. The molecule has 0 aliphatic rings. The van der Waals surface area contributed by atoms with Crippen LogP contribution < -0.4 is 12.4 Å². The van der Waals surface area contributed by atoms with Crippen LogP contribution in [0, 0.1) is 0 Å². The first-order valence-electron chi connectivity index (χ1n) is 10.1. The fraction of sp³-hybridized carbons (Fsp3) is 1.00. The maximum atomic E-state index is 10.1. The number of likely N-dealkylation sites (N-methyl/N-ethyl adjacent to an activating group) is 1. The molecule has 0 aromatic carbocycles. The van der Waals surface area contributed by atoms with Crippen molar-refractivity contribution >= 4 is 0 Å². The summed E-state index contributed by atoms with van der Waals surface area (Å²) in [7, 11) is 4.14. The SMILES string of the molecule is CCCCCCCCCCCCCCC(O)C[N+](C)(C)CCO.[Cl-]. The zero-order chi connectivity index (χ0) is 17.4. The van der Waals surface area contributed by atoms with Crippen LogP contribution in [-0.4, -0.2) is 54.6 Å². The Bertz CT molecular complexity index is 250. The molecule has 0 bridgehead atoms. The highest BCUT2D eigenvalue weighted by Crippen LogP contribution is 2.13. The Labute approximate surface area is 157 Å². The van der Waals surface area contributed by atoms with E-state index in [0.29, 0.717) is 4.48 Å². The molecular formula is C20H44ClNO2. The van der Waals surface area contributed by atoms with Gasteiger partial charge >= 0.3 is 0 Å². The van der Waals surface area contributed by atoms with Crippen LogP contribution in [0.2, 0.25) is 0 Å². The molecule has 1 atom stereocenters. The Balaban J connectivity index is 0. The number of hydrogen-bond donors (Lipinski definition) is 2. The van der Waals surface area contributed by atoms with Crippen molar-refractivity contribution in [2.45, 2.75) is 96.5 Å². The molecule has 0 rings (SSSR count). The second-order valence-corrected chi connectivity index (χ2v) is 7.90. The third kappa shape index (κ3) is 18.5. The van der Waals surface area contributed by atoms with E-state index >= 15 is 0 Å². The van der Waals surface area contributed by atoms with Crippen molar-refractivity contribution in [3.8, 4) is 0 Å². The highest BCUT2D eigenvalue weighted by atomic mass is 35.5. The summed E-state index contributed by atoms with van der Waals surface area (Å²) >= 11 is 0. The second kappa shape index (κ2) is 18.0. The number of quaternary nitrogens is 1. The number of unbranched alkanes of at least 4 members (excludes halogenated alkanes) is 11. The van der Waals surface area contributed by atoms with Crippen molar-refractivity contribution in [1.82, 2.24) is 0 Å². The summed E-state index contributed by atoms with van der Waals surface area (Å²) < 4.78 is 0.704. The van der Waals surface area contributed by atoms with Crippen molar-refractivity contribution in [3.63, 3.8) is 0 Å². The maximum Gasteiger partial charge on any atom is 0.105 e. The van der Waals surface area contributed by atoms with Crippen LogP contribution in [0.3, 0.4) is 0 Å². The second-order valence-electron chi connectivity index (χ2n) is 7.90. The minimum Gasteiger partial charge on any atom is -1.00 e. The lowest BCUT2D eigenvalue weighted by molar-refractivity contribution is -0.893. The molecule has 0 spiro atoms. The van der Waals surface area contributed by atoms with E-state index in [1.807, 2.05) is 0 Å². The number of rotatable bonds is 17. The molecule has 0 aromatic rings. The molecule has 148 valence electrons. The molecular weight excluding hydrogens is 322 g/mol. The van der Waals surface area contributed by atoms with Gasteiger partial charge in [-0.3, -0.25) is 0 Å². The number of hydrogen-bond acceptors (Lipinski definition) is 2. The van der Waals surface area contributed by atoms with Gasteiger partial charge in [-0.15, -0.1) is 0 Å². The van der Waals surface area contributed by atoms with Gasteiger partial charge in [0, 0.05) is 0 Å². The molecule has 0 aliphatic heterocycles. The largest absolute Gasteiger partial charge is 1.00 e. The van der Waals surface area contributed by atoms with Crippen LogP contribution in [0.5, 0.6) is 0 Å². The monoisotopic (exact) mass is 365 g/mol. The first-order valence-corrected chi connectivity index (χ1v) is 10.1. The molecule has 3 nitrogen and oxygen atoms in total. The summed E-state index contributed by atoms with van der Waals surface area (Å²) in [5, 5.41) is 19.1. The van der Waals surface area contributed by atoms with Crippen LogP contribution in [0.15, 0.2) is 0 Å². The van der Waals surface area contributed by atoms with E-state index in [0.717, 1.165) is 25.9 Å². The van der Waals surface area contributed by atoms with Crippen LogP contribution in [0.1, 0.15) is 90.4 Å². The molecule has 0 saturated heterocycles. The Morgan fingerprint density at radius 3 is 1.58 bits per heavy atom. The van der Waals surface area contributed by atoms with Gasteiger partial charge in [0.1, 0.15) is 19.2 Å². The van der Waals surface area contributed by atoms with Gasteiger partial charge in [-0.1, -0.05) is 84.0 Å². The first kappa shape index (κ1) is 26.4. The quantitative estimate of drug-likeness (QED) is 0.303. The molecule has 0 aliphatic carbocycles. The third-order valence-corrected chi connectivity index (χ3v) is 4.80. The highest BCUT2D eigenvalue weighted by molar-refractivity contribution is 4.56. The Morgan fingerprint density at radius 2 is 1.17 bits per heavy atom. The zero-order valence-corrected chi connectivity index (χ0v) is 17.4. The summed E-state index contributed by atoms with van der Waals surface area (Å²) in [5.41, 5.74) is 0. The molecule has 4 heteroatoms. The van der Waals surface area contributed by atoms with E-state index in [2.05, 4.69) is 21.0 Å². The standard InChI is InChI=1S/C20H44NO2.ClH/c1-4-5-6-7-8-9-10-11-12-13-14-15-16-20(23)19-21(2,3)17-18-22;/h20,22-23H,4-19H2,1-3H3;1H/q+1;/p-1. The summed E-state index contributed by atoms with van der Waals surface area (Å²) in [6.45, 7) is 3.93. The van der Waals surface area contributed by atoms with E-state index in [-0.39, 0.29) is 25.1 Å². The molecule has 24 heavy (non-hydrogen) atoms. The third-order valence-electron chi connectivity index (χ3n) is 4.80. The normalized spacial score (nSPS) is 12.9. The van der Waals surface area contributed by atoms with Gasteiger partial charge in [-0.05, 0) is 6.42 Å². The predicted octanol–water partition coefficient (Wildman–Crippen LogP) is 1.51. The van der Waals surface area contributed by atoms with Crippen molar-refractivity contribution in [2.24, 2.45) is 0 Å². The lowest BCUT2D eigenvalue weighted by atomic mass is 10.0.